The second-order valence-electron chi connectivity index (χ2n) is 9.31. The number of hydrogen-bond donors (Lipinski definition) is 0. The minimum Gasteiger partial charge on any atom is -0.469 e. The summed E-state index contributed by atoms with van der Waals surface area (Å²) in [5.41, 5.74) is -2.22. The highest BCUT2D eigenvalue weighted by Gasteiger charge is 2.37. The molecule has 1 amide bonds. The molecule has 4 rings (SSSR count). The number of nitrogens with zero attached hydrogens (tertiary/aromatic N) is 4. The molecule has 1 aromatic carbocycles. The van der Waals surface area contributed by atoms with Gasteiger partial charge in [-0.2, -0.15) is 31.4 Å². The fourth-order valence-electron chi connectivity index (χ4n) is 4.41. The zero-order chi connectivity index (χ0) is 33.4. The Morgan fingerprint density at radius 1 is 0.977 bits per heavy atom. The summed E-state index contributed by atoms with van der Waals surface area (Å²) in [6, 6.07) is 2.97. The van der Waals surface area contributed by atoms with Gasteiger partial charge in [0, 0.05) is 30.3 Å². The number of aryl methyl sites for hydroxylation is 1. The third-order valence-corrected chi connectivity index (χ3v) is 7.95. The van der Waals surface area contributed by atoms with Crippen molar-refractivity contribution in [2.24, 2.45) is 0 Å². The highest BCUT2D eigenvalue weighted by molar-refractivity contribution is 7.16. The van der Waals surface area contributed by atoms with Crippen LogP contribution in [0.4, 0.5) is 26.3 Å². The van der Waals surface area contributed by atoms with Crippen LogP contribution in [0.3, 0.4) is 0 Å². The SMILES string of the molecule is CC.CC.COC(=O)Cc1cc(C)n(CC(=O)N2CCC(c3nc(-c4cc(C(F)(F)F)cc(C(F)(F)F)c4)c(Cl)s3)CC2)n1. The van der Waals surface area contributed by atoms with Crippen LogP contribution in [-0.2, 0) is 39.6 Å². The minimum absolute atomic E-state index is 0.0136. The van der Waals surface area contributed by atoms with Crippen LogP contribution in [-0.4, -0.2) is 51.7 Å². The van der Waals surface area contributed by atoms with Gasteiger partial charge in [0.2, 0.25) is 5.91 Å². The first kappa shape index (κ1) is 37.1. The molecule has 0 radical (unpaired) electrons. The Morgan fingerprint density at radius 2 is 1.52 bits per heavy atom. The van der Waals surface area contributed by atoms with Crippen molar-refractivity contribution in [3.63, 3.8) is 0 Å². The van der Waals surface area contributed by atoms with Gasteiger partial charge in [0.25, 0.3) is 0 Å². The molecule has 7 nitrogen and oxygen atoms in total. The number of alkyl halides is 6. The average Bonchev–Trinajstić information content (AvgIpc) is 3.55. The molecule has 0 aliphatic carbocycles. The van der Waals surface area contributed by atoms with E-state index in [9.17, 15) is 35.9 Å². The van der Waals surface area contributed by atoms with E-state index in [1.165, 1.54) is 11.8 Å². The van der Waals surface area contributed by atoms with Crippen molar-refractivity contribution in [3.8, 4) is 11.3 Å². The maximum atomic E-state index is 13.3. The molecule has 44 heavy (non-hydrogen) atoms. The summed E-state index contributed by atoms with van der Waals surface area (Å²) in [6.07, 6.45) is -9.02. The number of esters is 1. The predicted molar refractivity (Wildman–Crippen MR) is 156 cm³/mol. The fraction of sp³-hybridized carbons (Fsp3) is 0.517. The van der Waals surface area contributed by atoms with Crippen LogP contribution in [0.5, 0.6) is 0 Å². The molecule has 0 bridgehead atoms. The molecule has 15 heteroatoms. The molecule has 244 valence electrons. The Morgan fingerprint density at radius 3 is 2.02 bits per heavy atom. The monoisotopic (exact) mass is 668 g/mol. The molecule has 0 unspecified atom stereocenters. The molecule has 3 aromatic rings. The zero-order valence-electron chi connectivity index (χ0n) is 25.2. The van der Waals surface area contributed by atoms with E-state index in [4.69, 9.17) is 11.6 Å². The Labute approximate surface area is 261 Å². The largest absolute Gasteiger partial charge is 0.469 e. The maximum absolute atomic E-state index is 13.3. The number of hydrogen-bond acceptors (Lipinski definition) is 6. The van der Waals surface area contributed by atoms with Crippen LogP contribution in [0, 0.1) is 6.92 Å². The molecule has 1 saturated heterocycles. The Kier molecular flexibility index (Phi) is 13.3. The molecular weight excluding hydrogens is 634 g/mol. The number of carbonyl (C=O) groups is 2. The molecular formula is C29H35ClF6N4O3S. The highest BCUT2D eigenvalue weighted by Crippen LogP contribution is 2.43. The second kappa shape index (κ2) is 15.7. The molecule has 3 heterocycles. The van der Waals surface area contributed by atoms with Crippen LogP contribution in [0.1, 0.15) is 74.0 Å². The Hall–Kier alpha value is -3.13. The topological polar surface area (TPSA) is 77.3 Å². The van der Waals surface area contributed by atoms with Crippen LogP contribution >= 0.6 is 22.9 Å². The van der Waals surface area contributed by atoms with E-state index >= 15 is 0 Å². The van der Waals surface area contributed by atoms with Crippen LogP contribution in [0.15, 0.2) is 24.3 Å². The van der Waals surface area contributed by atoms with Crippen LogP contribution < -0.4 is 0 Å². The molecule has 0 spiro atoms. The lowest BCUT2D eigenvalue weighted by atomic mass is 9.97. The summed E-state index contributed by atoms with van der Waals surface area (Å²) in [4.78, 5) is 30.3. The number of piperidine rings is 1. The quantitative estimate of drug-likeness (QED) is 0.196. The lowest BCUT2D eigenvalue weighted by Gasteiger charge is -2.31. The van der Waals surface area contributed by atoms with E-state index in [2.05, 4.69) is 14.8 Å². The van der Waals surface area contributed by atoms with Gasteiger partial charge in [-0.25, -0.2) is 4.98 Å². The van der Waals surface area contributed by atoms with E-state index in [1.807, 2.05) is 27.7 Å². The van der Waals surface area contributed by atoms with Crippen molar-refractivity contribution in [2.45, 2.75) is 78.7 Å². The van der Waals surface area contributed by atoms with Gasteiger partial charge in [-0.3, -0.25) is 14.3 Å². The number of benzene rings is 1. The number of rotatable bonds is 6. The highest BCUT2D eigenvalue weighted by atomic mass is 35.5. The number of thiazole rings is 1. The number of halogens is 7. The van der Waals surface area contributed by atoms with Crippen molar-refractivity contribution in [2.75, 3.05) is 20.2 Å². The fourth-order valence-corrected chi connectivity index (χ4v) is 5.78. The van der Waals surface area contributed by atoms with Gasteiger partial charge in [-0.15, -0.1) is 11.3 Å². The summed E-state index contributed by atoms with van der Waals surface area (Å²) in [6.45, 7) is 10.5. The summed E-state index contributed by atoms with van der Waals surface area (Å²) in [5, 5.41) is 4.76. The van der Waals surface area contributed by atoms with Crippen molar-refractivity contribution in [3.05, 3.63) is 56.1 Å². The summed E-state index contributed by atoms with van der Waals surface area (Å²) < 4.78 is 85.9. The maximum Gasteiger partial charge on any atom is 0.416 e. The molecule has 2 aromatic heterocycles. The van der Waals surface area contributed by atoms with Crippen molar-refractivity contribution < 1.29 is 40.7 Å². The zero-order valence-corrected chi connectivity index (χ0v) is 26.8. The number of ether oxygens (including phenoxy) is 1. The summed E-state index contributed by atoms with van der Waals surface area (Å²) in [7, 11) is 1.27. The van der Waals surface area contributed by atoms with Gasteiger partial charge in [-0.05, 0) is 44.0 Å². The van der Waals surface area contributed by atoms with Crippen molar-refractivity contribution >= 4 is 34.8 Å². The molecule has 1 aliphatic rings. The van der Waals surface area contributed by atoms with E-state index in [-0.39, 0.29) is 46.5 Å². The molecule has 0 saturated carbocycles. The third-order valence-electron chi connectivity index (χ3n) is 6.53. The number of amides is 1. The standard InChI is InChI=1S/C25H23ClF6N4O3S.2C2H6/c1-13-7-18(11-20(38)39-2)34-36(13)12-19(37)35-5-3-14(4-6-35)23-33-21(22(26)40-23)15-8-16(24(27,28)29)10-17(9-15)25(30,31)32;2*1-2/h7-10,14H,3-6,11-12H2,1-2H3;2*1-2H3. The van der Waals surface area contributed by atoms with Gasteiger partial charge >= 0.3 is 18.3 Å². The second-order valence-corrected chi connectivity index (χ2v) is 10.9. The molecule has 0 N–H and O–H groups in total. The van der Waals surface area contributed by atoms with Crippen LogP contribution in [0.25, 0.3) is 11.3 Å². The van der Waals surface area contributed by atoms with E-state index in [1.54, 1.807) is 17.9 Å². The van der Waals surface area contributed by atoms with Crippen molar-refractivity contribution in [1.29, 1.82) is 0 Å². The van der Waals surface area contributed by atoms with Gasteiger partial charge in [0.15, 0.2) is 0 Å². The average molecular weight is 669 g/mol. The third kappa shape index (κ3) is 9.43. The van der Waals surface area contributed by atoms with Gasteiger partial charge in [0.05, 0.1) is 35.4 Å². The summed E-state index contributed by atoms with van der Waals surface area (Å²) in [5.74, 6) is -0.806. The first-order valence-corrected chi connectivity index (χ1v) is 15.2. The van der Waals surface area contributed by atoms with Gasteiger partial charge in [-0.1, -0.05) is 39.3 Å². The Bertz CT molecular complexity index is 1380. The number of aromatic nitrogens is 3. The van der Waals surface area contributed by atoms with Crippen molar-refractivity contribution in [1.82, 2.24) is 19.7 Å². The van der Waals surface area contributed by atoms with E-state index < -0.39 is 29.4 Å². The summed E-state index contributed by atoms with van der Waals surface area (Å²) >= 11 is 7.25. The van der Waals surface area contributed by atoms with Gasteiger partial charge in [0.1, 0.15) is 16.6 Å². The van der Waals surface area contributed by atoms with E-state index in [0.717, 1.165) is 11.3 Å². The van der Waals surface area contributed by atoms with E-state index in [0.29, 0.717) is 54.5 Å². The number of carbonyl (C=O) groups excluding carboxylic acids is 2. The first-order chi connectivity index (χ1) is 20.7. The predicted octanol–water partition coefficient (Wildman–Crippen LogP) is 8.18. The Balaban J connectivity index is 0.00000162. The lowest BCUT2D eigenvalue weighted by molar-refractivity contribution is -0.143. The molecule has 0 atom stereocenters. The molecule has 1 aliphatic heterocycles. The minimum atomic E-state index is -4.99. The molecule has 1 fully saturated rings. The van der Waals surface area contributed by atoms with Crippen LogP contribution in [0.2, 0.25) is 4.34 Å². The number of methoxy groups -OCH3 is 1. The lowest BCUT2D eigenvalue weighted by Crippen LogP contribution is -2.40. The smallest absolute Gasteiger partial charge is 0.416 e. The first-order valence-electron chi connectivity index (χ1n) is 14.0. The van der Waals surface area contributed by atoms with Gasteiger partial charge < -0.3 is 9.64 Å². The number of likely N-dealkylation sites (tertiary alicyclic amines) is 1. The normalized spacial score (nSPS) is 13.9.